The van der Waals surface area contributed by atoms with Crippen molar-refractivity contribution in [2.24, 2.45) is 5.41 Å². The van der Waals surface area contributed by atoms with Crippen molar-refractivity contribution >= 4 is 33.5 Å². The molecule has 0 aliphatic carbocycles. The molecule has 1 heterocycles. The molecular weight excluding hydrogens is 300 g/mol. The Labute approximate surface area is 114 Å². The van der Waals surface area contributed by atoms with Gasteiger partial charge >= 0.3 is 5.97 Å². The molecule has 0 radical (unpaired) electrons. The number of rotatable bonds is 5. The second-order valence-corrected chi connectivity index (χ2v) is 5.55. The Morgan fingerprint density at radius 3 is 2.67 bits per heavy atom. The third-order valence-electron chi connectivity index (χ3n) is 2.30. The SMILES string of the molecule is CC(C)(CC(=O)O)CC(=O)Nc1cccnc1Br. The summed E-state index contributed by atoms with van der Waals surface area (Å²) in [6.07, 6.45) is 1.70. The zero-order valence-corrected chi connectivity index (χ0v) is 11.8. The number of aromatic nitrogens is 1. The number of nitrogens with one attached hydrogen (secondary N) is 1. The third kappa shape index (κ3) is 4.83. The van der Waals surface area contributed by atoms with Gasteiger partial charge in [-0.25, -0.2) is 4.98 Å². The van der Waals surface area contributed by atoms with Gasteiger partial charge in [-0.05, 0) is 33.5 Å². The Hall–Kier alpha value is -1.43. The lowest BCUT2D eigenvalue weighted by molar-refractivity contribution is -0.139. The molecule has 0 unspecified atom stereocenters. The van der Waals surface area contributed by atoms with Crippen molar-refractivity contribution in [3.05, 3.63) is 22.9 Å². The molecule has 98 valence electrons. The molecule has 6 heteroatoms. The van der Waals surface area contributed by atoms with Crippen LogP contribution in [0.2, 0.25) is 0 Å². The normalized spacial score (nSPS) is 11.1. The Morgan fingerprint density at radius 2 is 2.11 bits per heavy atom. The Kier molecular flexibility index (Phi) is 4.84. The molecule has 0 aliphatic rings. The monoisotopic (exact) mass is 314 g/mol. The molecule has 0 atom stereocenters. The minimum absolute atomic E-state index is 0.0470. The molecule has 0 saturated heterocycles. The van der Waals surface area contributed by atoms with Crippen LogP contribution in [-0.4, -0.2) is 22.0 Å². The van der Waals surface area contributed by atoms with Gasteiger partial charge in [0.05, 0.1) is 12.1 Å². The number of amides is 1. The first-order valence-electron chi connectivity index (χ1n) is 5.42. The average Bonchev–Trinajstić information content (AvgIpc) is 2.18. The second-order valence-electron chi connectivity index (χ2n) is 4.80. The van der Waals surface area contributed by atoms with Crippen molar-refractivity contribution in [1.82, 2.24) is 4.98 Å². The van der Waals surface area contributed by atoms with Gasteiger partial charge in [-0.15, -0.1) is 0 Å². The number of carboxylic acids is 1. The molecule has 0 aromatic carbocycles. The fraction of sp³-hybridized carbons (Fsp3) is 0.417. The van der Waals surface area contributed by atoms with Crippen LogP contribution < -0.4 is 5.32 Å². The Morgan fingerprint density at radius 1 is 1.44 bits per heavy atom. The highest BCUT2D eigenvalue weighted by molar-refractivity contribution is 9.10. The number of pyridine rings is 1. The van der Waals surface area contributed by atoms with Gasteiger partial charge in [0.15, 0.2) is 0 Å². The fourth-order valence-electron chi connectivity index (χ4n) is 1.58. The zero-order valence-electron chi connectivity index (χ0n) is 10.2. The highest BCUT2D eigenvalue weighted by Crippen LogP contribution is 2.26. The minimum atomic E-state index is -0.907. The molecule has 0 aliphatic heterocycles. The maximum atomic E-state index is 11.8. The summed E-state index contributed by atoms with van der Waals surface area (Å²) in [5.41, 5.74) is -0.00134. The van der Waals surface area contributed by atoms with Gasteiger partial charge in [-0.3, -0.25) is 9.59 Å². The summed E-state index contributed by atoms with van der Waals surface area (Å²) >= 11 is 3.22. The van der Waals surface area contributed by atoms with Crippen LogP contribution in [0.4, 0.5) is 5.69 Å². The predicted molar refractivity (Wildman–Crippen MR) is 71.2 cm³/mol. The molecule has 1 rings (SSSR count). The molecule has 2 N–H and O–H groups in total. The molecule has 18 heavy (non-hydrogen) atoms. The van der Waals surface area contributed by atoms with E-state index in [0.717, 1.165) is 0 Å². The van der Waals surface area contributed by atoms with Crippen molar-refractivity contribution < 1.29 is 14.7 Å². The first-order valence-corrected chi connectivity index (χ1v) is 6.22. The summed E-state index contributed by atoms with van der Waals surface area (Å²) in [4.78, 5) is 26.5. The van der Waals surface area contributed by atoms with E-state index in [9.17, 15) is 9.59 Å². The van der Waals surface area contributed by atoms with Gasteiger partial charge in [-0.1, -0.05) is 13.8 Å². The molecule has 0 saturated carbocycles. The molecular formula is C12H15BrN2O3. The summed E-state index contributed by atoms with van der Waals surface area (Å²) in [5, 5.41) is 11.4. The summed E-state index contributed by atoms with van der Waals surface area (Å²) in [7, 11) is 0. The number of carbonyl (C=O) groups excluding carboxylic acids is 1. The van der Waals surface area contributed by atoms with E-state index in [1.165, 1.54) is 0 Å². The van der Waals surface area contributed by atoms with Crippen LogP contribution >= 0.6 is 15.9 Å². The van der Waals surface area contributed by atoms with Crippen molar-refractivity contribution in [1.29, 1.82) is 0 Å². The zero-order chi connectivity index (χ0) is 13.8. The molecule has 0 bridgehead atoms. The molecule has 1 aromatic heterocycles. The Bertz CT molecular complexity index is 460. The van der Waals surface area contributed by atoms with E-state index in [-0.39, 0.29) is 18.7 Å². The topological polar surface area (TPSA) is 79.3 Å². The van der Waals surface area contributed by atoms with Crippen molar-refractivity contribution in [2.45, 2.75) is 26.7 Å². The van der Waals surface area contributed by atoms with Gasteiger partial charge in [0.25, 0.3) is 0 Å². The standard InChI is InChI=1S/C12H15BrN2O3/c1-12(2,7-10(17)18)6-9(16)15-8-4-3-5-14-11(8)13/h3-5H,6-7H2,1-2H3,(H,15,16)(H,17,18). The highest BCUT2D eigenvalue weighted by Gasteiger charge is 2.25. The number of nitrogens with zero attached hydrogens (tertiary/aromatic N) is 1. The number of hydrogen-bond acceptors (Lipinski definition) is 3. The van der Waals surface area contributed by atoms with Gasteiger partial charge in [0, 0.05) is 12.6 Å². The van der Waals surface area contributed by atoms with E-state index in [1.54, 1.807) is 32.2 Å². The molecule has 0 fully saturated rings. The average molecular weight is 315 g/mol. The minimum Gasteiger partial charge on any atom is -0.481 e. The summed E-state index contributed by atoms with van der Waals surface area (Å²) in [5.74, 6) is -1.13. The van der Waals surface area contributed by atoms with Crippen molar-refractivity contribution in [3.63, 3.8) is 0 Å². The number of carboxylic acid groups (broad SMARTS) is 1. The number of halogens is 1. The van der Waals surface area contributed by atoms with E-state index in [1.807, 2.05) is 0 Å². The largest absolute Gasteiger partial charge is 0.481 e. The number of aliphatic carboxylic acids is 1. The lowest BCUT2D eigenvalue weighted by Crippen LogP contribution is -2.25. The van der Waals surface area contributed by atoms with E-state index in [4.69, 9.17) is 5.11 Å². The first kappa shape index (κ1) is 14.6. The lowest BCUT2D eigenvalue weighted by atomic mass is 9.85. The highest BCUT2D eigenvalue weighted by atomic mass is 79.9. The predicted octanol–water partition coefficient (Wildman–Crippen LogP) is 2.67. The summed E-state index contributed by atoms with van der Waals surface area (Å²) < 4.78 is 0.550. The Balaban J connectivity index is 2.62. The summed E-state index contributed by atoms with van der Waals surface area (Å²) in [6, 6.07) is 3.43. The van der Waals surface area contributed by atoms with Crippen LogP contribution in [0.1, 0.15) is 26.7 Å². The fourth-order valence-corrected chi connectivity index (χ4v) is 1.93. The van der Waals surface area contributed by atoms with Gasteiger partial charge in [0.2, 0.25) is 5.91 Å². The number of hydrogen-bond donors (Lipinski definition) is 2. The van der Waals surface area contributed by atoms with Crippen LogP contribution in [0.5, 0.6) is 0 Å². The van der Waals surface area contributed by atoms with Crippen LogP contribution in [0, 0.1) is 5.41 Å². The first-order chi connectivity index (χ1) is 8.30. The molecule has 0 spiro atoms. The van der Waals surface area contributed by atoms with Gasteiger partial charge < -0.3 is 10.4 Å². The third-order valence-corrected chi connectivity index (χ3v) is 2.93. The van der Waals surface area contributed by atoms with E-state index in [0.29, 0.717) is 10.3 Å². The van der Waals surface area contributed by atoms with Crippen molar-refractivity contribution in [3.8, 4) is 0 Å². The molecule has 1 amide bonds. The van der Waals surface area contributed by atoms with Gasteiger partial charge in [0.1, 0.15) is 4.60 Å². The van der Waals surface area contributed by atoms with Crippen LogP contribution in [0.3, 0.4) is 0 Å². The van der Waals surface area contributed by atoms with Crippen molar-refractivity contribution in [2.75, 3.05) is 5.32 Å². The smallest absolute Gasteiger partial charge is 0.303 e. The quantitative estimate of drug-likeness (QED) is 0.819. The maximum absolute atomic E-state index is 11.8. The van der Waals surface area contributed by atoms with Gasteiger partial charge in [-0.2, -0.15) is 0 Å². The molecule has 5 nitrogen and oxygen atoms in total. The summed E-state index contributed by atoms with van der Waals surface area (Å²) in [6.45, 7) is 3.50. The van der Waals surface area contributed by atoms with E-state index in [2.05, 4.69) is 26.2 Å². The lowest BCUT2D eigenvalue weighted by Gasteiger charge is -2.21. The number of anilines is 1. The van der Waals surface area contributed by atoms with E-state index < -0.39 is 11.4 Å². The van der Waals surface area contributed by atoms with E-state index >= 15 is 0 Å². The number of carbonyl (C=O) groups is 2. The van der Waals surface area contributed by atoms with Crippen LogP contribution in [0.15, 0.2) is 22.9 Å². The van der Waals surface area contributed by atoms with Crippen LogP contribution in [0.25, 0.3) is 0 Å². The maximum Gasteiger partial charge on any atom is 0.303 e. The second kappa shape index (κ2) is 5.95. The molecule has 1 aromatic rings. The van der Waals surface area contributed by atoms with Crippen LogP contribution in [-0.2, 0) is 9.59 Å².